The predicted octanol–water partition coefficient (Wildman–Crippen LogP) is 3.01. The maximum atomic E-state index is 12.6. The highest BCUT2D eigenvalue weighted by Gasteiger charge is 2.32. The van der Waals surface area contributed by atoms with Crippen molar-refractivity contribution in [3.8, 4) is 0 Å². The first-order valence-corrected chi connectivity index (χ1v) is 8.04. The Morgan fingerprint density at radius 3 is 2.53 bits per heavy atom. The molecule has 1 heterocycles. The van der Waals surface area contributed by atoms with Gasteiger partial charge in [-0.3, -0.25) is 0 Å². The Labute approximate surface area is 113 Å². The van der Waals surface area contributed by atoms with Crippen molar-refractivity contribution in [2.45, 2.75) is 30.7 Å². The maximum absolute atomic E-state index is 12.6. The molecule has 0 radical (unpaired) electrons. The Morgan fingerprint density at radius 2 is 1.84 bits per heavy atom. The van der Waals surface area contributed by atoms with Gasteiger partial charge >= 0.3 is 0 Å². The van der Waals surface area contributed by atoms with E-state index in [-0.39, 0.29) is 6.04 Å². The second-order valence-electron chi connectivity index (χ2n) is 5.12. The second-order valence-corrected chi connectivity index (χ2v) is 7.01. The van der Waals surface area contributed by atoms with Crippen LogP contribution in [0.25, 0.3) is 10.8 Å². The Morgan fingerprint density at radius 1 is 1.11 bits per heavy atom. The summed E-state index contributed by atoms with van der Waals surface area (Å²) in [6.45, 7) is 2.61. The van der Waals surface area contributed by atoms with Crippen molar-refractivity contribution >= 4 is 20.8 Å². The van der Waals surface area contributed by atoms with Crippen LogP contribution in [-0.2, 0) is 10.0 Å². The third-order valence-electron chi connectivity index (χ3n) is 3.82. The molecule has 3 rings (SSSR count). The Kier molecular flexibility index (Phi) is 3.07. The van der Waals surface area contributed by atoms with Gasteiger partial charge in [0, 0.05) is 12.6 Å². The number of hydrogen-bond acceptors (Lipinski definition) is 2. The molecule has 3 nitrogen and oxygen atoms in total. The fourth-order valence-corrected chi connectivity index (χ4v) is 4.46. The number of hydrogen-bond donors (Lipinski definition) is 0. The number of fused-ring (bicyclic) bond motifs is 1. The summed E-state index contributed by atoms with van der Waals surface area (Å²) in [6.07, 6.45) is 1.90. The van der Waals surface area contributed by atoms with Crippen molar-refractivity contribution in [3.63, 3.8) is 0 Å². The number of nitrogens with zero attached hydrogens (tertiary/aromatic N) is 1. The van der Waals surface area contributed by atoms with Gasteiger partial charge in [0.05, 0.1) is 4.90 Å². The number of benzene rings is 2. The van der Waals surface area contributed by atoms with Crippen LogP contribution in [0.3, 0.4) is 0 Å². The van der Waals surface area contributed by atoms with E-state index in [2.05, 4.69) is 0 Å². The molecule has 1 atom stereocenters. The quantitative estimate of drug-likeness (QED) is 0.845. The van der Waals surface area contributed by atoms with Crippen molar-refractivity contribution in [3.05, 3.63) is 42.5 Å². The van der Waals surface area contributed by atoms with Crippen molar-refractivity contribution in [2.24, 2.45) is 0 Å². The van der Waals surface area contributed by atoms with Gasteiger partial charge in [-0.25, -0.2) is 8.42 Å². The minimum atomic E-state index is -3.35. The van der Waals surface area contributed by atoms with Crippen LogP contribution in [0.5, 0.6) is 0 Å². The second kappa shape index (κ2) is 4.62. The summed E-state index contributed by atoms with van der Waals surface area (Å²) in [5, 5.41) is 2.03. The number of rotatable bonds is 2. The largest absolute Gasteiger partial charge is 0.243 e. The standard InChI is InChI=1S/C15H17NO2S/c1-12-5-4-10-16(12)19(17,18)15-9-8-13-6-2-3-7-14(13)11-15/h2-3,6-9,11-12H,4-5,10H2,1H3. The van der Waals surface area contributed by atoms with Gasteiger partial charge in [-0.1, -0.05) is 30.3 Å². The summed E-state index contributed by atoms with van der Waals surface area (Å²) in [7, 11) is -3.35. The van der Waals surface area contributed by atoms with Crippen LogP contribution in [0.2, 0.25) is 0 Å². The zero-order valence-corrected chi connectivity index (χ0v) is 11.7. The molecule has 0 saturated carbocycles. The van der Waals surface area contributed by atoms with Crippen LogP contribution in [-0.4, -0.2) is 25.3 Å². The average Bonchev–Trinajstić information content (AvgIpc) is 2.85. The molecule has 1 aliphatic heterocycles. The Hall–Kier alpha value is -1.39. The molecule has 1 fully saturated rings. The first-order chi connectivity index (χ1) is 9.09. The van der Waals surface area contributed by atoms with Crippen LogP contribution in [0.15, 0.2) is 47.4 Å². The van der Waals surface area contributed by atoms with Crippen LogP contribution in [0, 0.1) is 0 Å². The van der Waals surface area contributed by atoms with E-state index in [1.807, 2.05) is 37.3 Å². The highest BCUT2D eigenvalue weighted by atomic mass is 32.2. The van der Waals surface area contributed by atoms with Crippen molar-refractivity contribution in [1.29, 1.82) is 0 Å². The van der Waals surface area contributed by atoms with Gasteiger partial charge in [-0.15, -0.1) is 0 Å². The molecular weight excluding hydrogens is 258 g/mol. The third kappa shape index (κ3) is 2.15. The molecule has 0 spiro atoms. The van der Waals surface area contributed by atoms with Crippen molar-refractivity contribution < 1.29 is 8.42 Å². The Bertz CT molecular complexity index is 709. The third-order valence-corrected chi connectivity index (χ3v) is 5.83. The fourth-order valence-electron chi connectivity index (χ4n) is 2.73. The maximum Gasteiger partial charge on any atom is 0.243 e. The van der Waals surface area contributed by atoms with Gasteiger partial charge in [-0.2, -0.15) is 4.31 Å². The molecule has 0 N–H and O–H groups in total. The molecule has 0 aromatic heterocycles. The summed E-state index contributed by atoms with van der Waals surface area (Å²) in [4.78, 5) is 0.403. The molecule has 0 aliphatic carbocycles. The van der Waals surface area contributed by atoms with Crippen LogP contribution in [0.1, 0.15) is 19.8 Å². The molecule has 19 heavy (non-hydrogen) atoms. The summed E-state index contributed by atoms with van der Waals surface area (Å²) < 4.78 is 26.9. The summed E-state index contributed by atoms with van der Waals surface area (Å²) in [5.74, 6) is 0. The van der Waals surface area contributed by atoms with Gasteiger partial charge in [0.2, 0.25) is 10.0 Å². The first-order valence-electron chi connectivity index (χ1n) is 6.60. The van der Waals surface area contributed by atoms with Gasteiger partial charge < -0.3 is 0 Å². The minimum Gasteiger partial charge on any atom is -0.207 e. The summed E-state index contributed by atoms with van der Waals surface area (Å²) in [5.41, 5.74) is 0. The van der Waals surface area contributed by atoms with E-state index in [1.165, 1.54) is 0 Å². The lowest BCUT2D eigenvalue weighted by Gasteiger charge is -2.21. The van der Waals surface area contributed by atoms with Crippen molar-refractivity contribution in [2.75, 3.05) is 6.54 Å². The zero-order chi connectivity index (χ0) is 13.5. The molecule has 1 aliphatic rings. The monoisotopic (exact) mass is 275 g/mol. The summed E-state index contributed by atoms with van der Waals surface area (Å²) >= 11 is 0. The van der Waals surface area contributed by atoms with Crippen LogP contribution >= 0.6 is 0 Å². The van der Waals surface area contributed by atoms with E-state index in [1.54, 1.807) is 16.4 Å². The minimum absolute atomic E-state index is 0.108. The van der Waals surface area contributed by atoms with Crippen molar-refractivity contribution in [1.82, 2.24) is 4.31 Å². The van der Waals surface area contributed by atoms with E-state index in [0.717, 1.165) is 23.6 Å². The molecular formula is C15H17NO2S. The van der Waals surface area contributed by atoms with Crippen LogP contribution in [0.4, 0.5) is 0 Å². The Balaban J connectivity index is 2.08. The molecule has 4 heteroatoms. The number of sulfonamides is 1. The lowest BCUT2D eigenvalue weighted by atomic mass is 10.1. The average molecular weight is 275 g/mol. The summed E-state index contributed by atoms with van der Waals surface area (Å²) in [6, 6.07) is 13.3. The van der Waals surface area contributed by atoms with Crippen LogP contribution < -0.4 is 0 Å². The van der Waals surface area contributed by atoms with E-state index < -0.39 is 10.0 Å². The first kappa shape index (κ1) is 12.6. The van der Waals surface area contributed by atoms with E-state index in [4.69, 9.17) is 0 Å². The lowest BCUT2D eigenvalue weighted by Crippen LogP contribution is -2.33. The molecule has 2 aromatic rings. The highest BCUT2D eigenvalue weighted by molar-refractivity contribution is 7.89. The zero-order valence-electron chi connectivity index (χ0n) is 10.9. The van der Waals surface area contributed by atoms with E-state index >= 15 is 0 Å². The molecule has 2 aromatic carbocycles. The molecule has 0 bridgehead atoms. The molecule has 1 saturated heterocycles. The topological polar surface area (TPSA) is 37.4 Å². The van der Waals surface area contributed by atoms with Gasteiger partial charge in [0.1, 0.15) is 0 Å². The highest BCUT2D eigenvalue weighted by Crippen LogP contribution is 2.27. The fraction of sp³-hybridized carbons (Fsp3) is 0.333. The molecule has 100 valence electrons. The SMILES string of the molecule is CC1CCCN1S(=O)(=O)c1ccc2ccccc2c1. The molecule has 0 amide bonds. The smallest absolute Gasteiger partial charge is 0.207 e. The van der Waals surface area contributed by atoms with Gasteiger partial charge in [-0.05, 0) is 42.7 Å². The normalized spacial score (nSPS) is 21.0. The van der Waals surface area contributed by atoms with Gasteiger partial charge in [0.25, 0.3) is 0 Å². The van der Waals surface area contributed by atoms with E-state index in [9.17, 15) is 8.42 Å². The van der Waals surface area contributed by atoms with E-state index in [0.29, 0.717) is 11.4 Å². The predicted molar refractivity (Wildman–Crippen MR) is 76.5 cm³/mol. The molecule has 1 unspecified atom stereocenters. The van der Waals surface area contributed by atoms with Gasteiger partial charge in [0.15, 0.2) is 0 Å². The lowest BCUT2D eigenvalue weighted by molar-refractivity contribution is 0.408.